The van der Waals surface area contributed by atoms with Gasteiger partial charge >= 0.3 is 0 Å². The molecule has 1 aromatic rings. The predicted molar refractivity (Wildman–Crippen MR) is 71.8 cm³/mol. The molecule has 5 nitrogen and oxygen atoms in total. The number of nitrogens with one attached hydrogen (secondary N) is 1. The Kier molecular flexibility index (Phi) is 4.03. The van der Waals surface area contributed by atoms with Crippen LogP contribution in [0.2, 0.25) is 5.02 Å². The molecule has 0 spiro atoms. The number of rotatable bonds is 2. The molecule has 0 radical (unpaired) electrons. The third kappa shape index (κ3) is 3.03. The molecule has 0 unspecified atom stereocenters. The summed E-state index contributed by atoms with van der Waals surface area (Å²) in [4.78, 5) is 18.2. The molecule has 2 heterocycles. The molecular weight excluding hydrogens is 264 g/mol. The average molecular weight is 279 g/mol. The van der Waals surface area contributed by atoms with Crippen LogP contribution in [-0.2, 0) is 0 Å². The lowest BCUT2D eigenvalue weighted by atomic mass is 9.89. The second-order valence-electron chi connectivity index (χ2n) is 4.81. The topological polar surface area (TPSA) is 69.0 Å². The minimum absolute atomic E-state index is 0.303. The van der Waals surface area contributed by atoms with Crippen LogP contribution in [-0.4, -0.2) is 41.5 Å². The van der Waals surface area contributed by atoms with E-state index in [1.807, 2.05) is 7.05 Å². The number of carbonyl (C=O) groups is 1. The van der Waals surface area contributed by atoms with Gasteiger partial charge in [0.15, 0.2) is 0 Å². The summed E-state index contributed by atoms with van der Waals surface area (Å²) in [6, 6.07) is 3.80. The fourth-order valence-corrected chi connectivity index (χ4v) is 2.29. The van der Waals surface area contributed by atoms with E-state index < -0.39 is 5.54 Å². The highest BCUT2D eigenvalue weighted by Gasteiger charge is 2.35. The van der Waals surface area contributed by atoms with Gasteiger partial charge in [-0.1, -0.05) is 11.6 Å². The normalized spacial score (nSPS) is 18.6. The number of aromatic nitrogens is 1. The third-order valence-corrected chi connectivity index (χ3v) is 3.75. The van der Waals surface area contributed by atoms with Gasteiger partial charge in [0.2, 0.25) is 0 Å². The van der Waals surface area contributed by atoms with E-state index in [0.29, 0.717) is 23.4 Å². The summed E-state index contributed by atoms with van der Waals surface area (Å²) >= 11 is 5.96. The maximum atomic E-state index is 12.2. The fourth-order valence-electron chi connectivity index (χ4n) is 2.09. The zero-order chi connectivity index (χ0) is 13.9. The fraction of sp³-hybridized carbons (Fsp3) is 0.462. The number of likely N-dealkylation sites (tertiary alicyclic amines) is 1. The molecule has 1 saturated heterocycles. The summed E-state index contributed by atoms with van der Waals surface area (Å²) < 4.78 is 0. The lowest BCUT2D eigenvalue weighted by molar-refractivity contribution is 0.0881. The standard InChI is InChI=1S/C13H15ClN4O/c1-18-6-3-13(9-15,4-7-18)17-12(19)10-8-16-5-2-11(10)14/h2,5,8H,3-4,6-7H2,1H3,(H,17,19). The highest BCUT2D eigenvalue weighted by atomic mass is 35.5. The Morgan fingerprint density at radius 2 is 2.26 bits per heavy atom. The van der Waals surface area contributed by atoms with Crippen molar-refractivity contribution in [2.75, 3.05) is 20.1 Å². The second kappa shape index (κ2) is 5.55. The number of amides is 1. The van der Waals surface area contributed by atoms with Gasteiger partial charge in [0, 0.05) is 25.5 Å². The monoisotopic (exact) mass is 278 g/mol. The zero-order valence-electron chi connectivity index (χ0n) is 10.7. The van der Waals surface area contributed by atoms with Gasteiger partial charge < -0.3 is 10.2 Å². The van der Waals surface area contributed by atoms with E-state index in [4.69, 9.17) is 11.6 Å². The van der Waals surface area contributed by atoms with Crippen LogP contribution in [0.3, 0.4) is 0 Å². The molecule has 1 aliphatic rings. The number of piperidine rings is 1. The lowest BCUT2D eigenvalue weighted by Gasteiger charge is -2.36. The first-order valence-corrected chi connectivity index (χ1v) is 6.46. The van der Waals surface area contributed by atoms with Crippen LogP contribution in [0.4, 0.5) is 0 Å². The molecule has 1 aliphatic heterocycles. The molecule has 0 aliphatic carbocycles. The summed E-state index contributed by atoms with van der Waals surface area (Å²) in [5.74, 6) is -0.343. The van der Waals surface area contributed by atoms with Crippen molar-refractivity contribution in [3.8, 4) is 6.07 Å². The van der Waals surface area contributed by atoms with Gasteiger partial charge in [-0.3, -0.25) is 9.78 Å². The summed E-state index contributed by atoms with van der Waals surface area (Å²) in [6.45, 7) is 1.57. The molecule has 0 atom stereocenters. The van der Waals surface area contributed by atoms with Gasteiger partial charge in [-0.2, -0.15) is 5.26 Å². The van der Waals surface area contributed by atoms with Gasteiger partial charge in [0.05, 0.1) is 16.7 Å². The van der Waals surface area contributed by atoms with E-state index in [2.05, 4.69) is 21.3 Å². The molecular formula is C13H15ClN4O. The molecule has 1 N–H and O–H groups in total. The number of carbonyl (C=O) groups excluding carboxylic acids is 1. The molecule has 100 valence electrons. The van der Waals surface area contributed by atoms with Crippen LogP contribution in [0.15, 0.2) is 18.5 Å². The molecule has 1 fully saturated rings. The number of nitrogens with zero attached hydrogens (tertiary/aromatic N) is 3. The van der Waals surface area contributed by atoms with Crippen LogP contribution < -0.4 is 5.32 Å². The first-order valence-electron chi connectivity index (χ1n) is 6.08. The summed E-state index contributed by atoms with van der Waals surface area (Å²) in [6.07, 6.45) is 4.17. The van der Waals surface area contributed by atoms with Gasteiger partial charge in [0.1, 0.15) is 5.54 Å². The summed E-state index contributed by atoms with van der Waals surface area (Å²) in [7, 11) is 2.00. The largest absolute Gasteiger partial charge is 0.334 e. The molecule has 1 aromatic heterocycles. The second-order valence-corrected chi connectivity index (χ2v) is 5.21. The predicted octanol–water partition coefficient (Wildman–Crippen LogP) is 1.45. The van der Waals surface area contributed by atoms with E-state index in [1.54, 1.807) is 6.07 Å². The zero-order valence-corrected chi connectivity index (χ0v) is 11.4. The number of hydrogen-bond acceptors (Lipinski definition) is 4. The van der Waals surface area contributed by atoms with Crippen molar-refractivity contribution >= 4 is 17.5 Å². The number of pyridine rings is 1. The maximum absolute atomic E-state index is 12.2. The van der Waals surface area contributed by atoms with Crippen molar-refractivity contribution in [1.29, 1.82) is 5.26 Å². The van der Waals surface area contributed by atoms with E-state index in [0.717, 1.165) is 13.1 Å². The Hall–Kier alpha value is -1.64. The molecule has 2 rings (SSSR count). The third-order valence-electron chi connectivity index (χ3n) is 3.42. The molecule has 0 bridgehead atoms. The quantitative estimate of drug-likeness (QED) is 0.889. The van der Waals surface area contributed by atoms with Gasteiger partial charge in [0.25, 0.3) is 5.91 Å². The SMILES string of the molecule is CN1CCC(C#N)(NC(=O)c2cnccc2Cl)CC1. The average Bonchev–Trinajstić information content (AvgIpc) is 2.42. The van der Waals surface area contributed by atoms with Gasteiger partial charge in [-0.05, 0) is 26.0 Å². The van der Waals surface area contributed by atoms with Crippen molar-refractivity contribution in [2.45, 2.75) is 18.4 Å². The first-order chi connectivity index (χ1) is 9.06. The molecule has 0 saturated carbocycles. The molecule has 6 heteroatoms. The van der Waals surface area contributed by atoms with Crippen molar-refractivity contribution in [3.05, 3.63) is 29.0 Å². The van der Waals surface area contributed by atoms with Crippen LogP contribution in [0.25, 0.3) is 0 Å². The number of nitriles is 1. The summed E-state index contributed by atoms with van der Waals surface area (Å²) in [5.41, 5.74) is -0.499. The lowest BCUT2D eigenvalue weighted by Crippen LogP contribution is -2.53. The Balaban J connectivity index is 2.14. The first kappa shape index (κ1) is 13.8. The molecule has 0 aromatic carbocycles. The van der Waals surface area contributed by atoms with E-state index >= 15 is 0 Å². The minimum Gasteiger partial charge on any atom is -0.334 e. The van der Waals surface area contributed by atoms with Crippen LogP contribution in [0, 0.1) is 11.3 Å². The maximum Gasteiger partial charge on any atom is 0.255 e. The Morgan fingerprint density at radius 1 is 1.58 bits per heavy atom. The Bertz CT molecular complexity index is 518. The summed E-state index contributed by atoms with van der Waals surface area (Å²) in [5, 5.41) is 12.5. The van der Waals surface area contributed by atoms with Gasteiger partial charge in [-0.15, -0.1) is 0 Å². The van der Waals surface area contributed by atoms with Crippen molar-refractivity contribution in [1.82, 2.24) is 15.2 Å². The number of hydrogen-bond donors (Lipinski definition) is 1. The number of halogens is 1. The van der Waals surface area contributed by atoms with Crippen molar-refractivity contribution in [2.24, 2.45) is 0 Å². The highest BCUT2D eigenvalue weighted by molar-refractivity contribution is 6.33. The van der Waals surface area contributed by atoms with Crippen molar-refractivity contribution < 1.29 is 4.79 Å². The smallest absolute Gasteiger partial charge is 0.255 e. The molecule has 19 heavy (non-hydrogen) atoms. The Labute approximate surface area is 117 Å². The Morgan fingerprint density at radius 3 is 2.84 bits per heavy atom. The highest BCUT2D eigenvalue weighted by Crippen LogP contribution is 2.22. The van der Waals surface area contributed by atoms with Crippen LogP contribution in [0.1, 0.15) is 23.2 Å². The van der Waals surface area contributed by atoms with Gasteiger partial charge in [-0.25, -0.2) is 0 Å². The van der Waals surface area contributed by atoms with E-state index in [9.17, 15) is 10.1 Å². The molecule has 1 amide bonds. The van der Waals surface area contributed by atoms with E-state index in [-0.39, 0.29) is 5.91 Å². The van der Waals surface area contributed by atoms with E-state index in [1.165, 1.54) is 12.4 Å². The minimum atomic E-state index is -0.803. The van der Waals surface area contributed by atoms with Crippen LogP contribution >= 0.6 is 11.6 Å². The van der Waals surface area contributed by atoms with Crippen molar-refractivity contribution in [3.63, 3.8) is 0 Å². The van der Waals surface area contributed by atoms with Crippen LogP contribution in [0.5, 0.6) is 0 Å².